The standard InChI is InChI=1S/C25H28N2O5/c1-14(2)13-25(24(30)31)20-19(21(26-25)16-11-9-15(3)10-12-16)22(28)27(23(20)29)17-7-5-6-8-18(17)32-4/h5-12,14,19-21,26H,13H2,1-4H3,(H,30,31)/t19-,20-,21-,25+/m0/s1. The minimum Gasteiger partial charge on any atom is -0.495 e. The van der Waals surface area contributed by atoms with Crippen LogP contribution < -0.4 is 15.0 Å². The SMILES string of the molecule is COc1ccccc1N1C(=O)[C@H]2[C@@H](C1=O)[C@](CC(C)C)(C(=O)O)N[C@H]2c1ccc(C)cc1. The predicted octanol–water partition coefficient (Wildman–Crippen LogP) is 3.32. The van der Waals surface area contributed by atoms with Gasteiger partial charge in [0.15, 0.2) is 0 Å². The van der Waals surface area contributed by atoms with E-state index in [9.17, 15) is 19.5 Å². The molecular weight excluding hydrogens is 408 g/mol. The molecule has 2 amide bonds. The Balaban J connectivity index is 1.88. The van der Waals surface area contributed by atoms with Crippen LogP contribution in [0.15, 0.2) is 48.5 Å². The van der Waals surface area contributed by atoms with Crippen LogP contribution in [-0.4, -0.2) is 35.5 Å². The molecule has 2 fully saturated rings. The first kappa shape index (κ1) is 22.0. The highest BCUT2D eigenvalue weighted by Crippen LogP contribution is 2.52. The number of ether oxygens (including phenoxy) is 1. The van der Waals surface area contributed by atoms with E-state index < -0.39 is 41.2 Å². The van der Waals surface area contributed by atoms with Crippen molar-refractivity contribution in [2.75, 3.05) is 12.0 Å². The minimum absolute atomic E-state index is 0.000712. The molecule has 2 aromatic carbocycles. The van der Waals surface area contributed by atoms with Crippen molar-refractivity contribution < 1.29 is 24.2 Å². The average molecular weight is 437 g/mol. The number of carboxylic acid groups (broad SMARTS) is 1. The van der Waals surface area contributed by atoms with Crippen LogP contribution in [0.4, 0.5) is 5.69 Å². The number of aryl methyl sites for hydroxylation is 1. The van der Waals surface area contributed by atoms with Gasteiger partial charge < -0.3 is 9.84 Å². The summed E-state index contributed by atoms with van der Waals surface area (Å²) in [5.41, 5.74) is 0.642. The van der Waals surface area contributed by atoms with Crippen molar-refractivity contribution in [1.29, 1.82) is 0 Å². The fourth-order valence-corrected chi connectivity index (χ4v) is 5.23. The third kappa shape index (κ3) is 3.28. The zero-order valence-corrected chi connectivity index (χ0v) is 18.7. The van der Waals surface area contributed by atoms with E-state index >= 15 is 0 Å². The molecular formula is C25H28N2O5. The van der Waals surface area contributed by atoms with Gasteiger partial charge in [0.1, 0.15) is 11.3 Å². The second-order valence-electron chi connectivity index (χ2n) is 9.09. The van der Waals surface area contributed by atoms with Crippen molar-refractivity contribution in [3.63, 3.8) is 0 Å². The molecule has 0 aliphatic carbocycles. The van der Waals surface area contributed by atoms with Crippen molar-refractivity contribution in [3.8, 4) is 5.75 Å². The lowest BCUT2D eigenvalue weighted by Crippen LogP contribution is -2.56. The summed E-state index contributed by atoms with van der Waals surface area (Å²) >= 11 is 0. The Hall–Kier alpha value is -3.19. The lowest BCUT2D eigenvalue weighted by molar-refractivity contribution is -0.149. The van der Waals surface area contributed by atoms with Gasteiger partial charge in [-0.2, -0.15) is 0 Å². The van der Waals surface area contributed by atoms with Gasteiger partial charge in [0.05, 0.1) is 24.6 Å². The van der Waals surface area contributed by atoms with E-state index in [4.69, 9.17) is 4.74 Å². The van der Waals surface area contributed by atoms with E-state index in [0.717, 1.165) is 16.0 Å². The summed E-state index contributed by atoms with van der Waals surface area (Å²) in [6.45, 7) is 5.79. The van der Waals surface area contributed by atoms with E-state index in [1.54, 1.807) is 24.3 Å². The number of anilines is 1. The number of para-hydroxylation sites is 2. The van der Waals surface area contributed by atoms with E-state index in [1.165, 1.54) is 7.11 Å². The minimum atomic E-state index is -1.54. The number of methoxy groups -OCH3 is 1. The third-order valence-corrected chi connectivity index (χ3v) is 6.53. The molecule has 2 aliphatic heterocycles. The van der Waals surface area contributed by atoms with E-state index in [2.05, 4.69) is 5.32 Å². The molecule has 0 spiro atoms. The van der Waals surface area contributed by atoms with Crippen molar-refractivity contribution in [3.05, 3.63) is 59.7 Å². The monoisotopic (exact) mass is 436 g/mol. The second kappa shape index (κ2) is 8.06. The summed E-state index contributed by atoms with van der Waals surface area (Å²) in [6.07, 6.45) is 0.227. The summed E-state index contributed by atoms with van der Waals surface area (Å²) < 4.78 is 5.39. The van der Waals surface area contributed by atoms with Gasteiger partial charge in [-0.25, -0.2) is 4.90 Å². The molecule has 4 atom stereocenters. The molecule has 2 aromatic rings. The van der Waals surface area contributed by atoms with Crippen LogP contribution in [0.5, 0.6) is 5.75 Å². The topological polar surface area (TPSA) is 95.9 Å². The van der Waals surface area contributed by atoms with Crippen LogP contribution in [0.2, 0.25) is 0 Å². The Bertz CT molecular complexity index is 1060. The maximum absolute atomic E-state index is 13.7. The second-order valence-corrected chi connectivity index (χ2v) is 9.09. The molecule has 0 unspecified atom stereocenters. The number of carbonyl (C=O) groups excluding carboxylic acids is 2. The van der Waals surface area contributed by atoms with Crippen LogP contribution in [-0.2, 0) is 14.4 Å². The van der Waals surface area contributed by atoms with Crippen molar-refractivity contribution >= 4 is 23.5 Å². The number of nitrogens with zero attached hydrogens (tertiary/aromatic N) is 1. The number of nitrogens with one attached hydrogen (secondary N) is 1. The normalized spacial score (nSPS) is 27.2. The number of fused-ring (bicyclic) bond motifs is 1. The Labute approximate surface area is 187 Å². The van der Waals surface area contributed by atoms with Gasteiger partial charge in [-0.1, -0.05) is 55.8 Å². The highest BCUT2D eigenvalue weighted by molar-refractivity contribution is 6.24. The number of carboxylic acids is 1. The number of benzene rings is 2. The molecule has 168 valence electrons. The van der Waals surface area contributed by atoms with Crippen LogP contribution in [0.3, 0.4) is 0 Å². The smallest absolute Gasteiger partial charge is 0.324 e. The van der Waals surface area contributed by atoms with Crippen LogP contribution >= 0.6 is 0 Å². The Morgan fingerprint density at radius 2 is 1.78 bits per heavy atom. The zero-order valence-electron chi connectivity index (χ0n) is 18.7. The lowest BCUT2D eigenvalue weighted by Gasteiger charge is -2.32. The molecule has 2 N–H and O–H groups in total. The van der Waals surface area contributed by atoms with E-state index in [1.807, 2.05) is 45.0 Å². The molecule has 32 heavy (non-hydrogen) atoms. The van der Waals surface area contributed by atoms with Crippen molar-refractivity contribution in [2.45, 2.75) is 38.8 Å². The first-order chi connectivity index (χ1) is 15.2. The first-order valence-electron chi connectivity index (χ1n) is 10.8. The number of hydrogen-bond donors (Lipinski definition) is 2. The molecule has 2 saturated heterocycles. The molecule has 0 bridgehead atoms. The zero-order chi connectivity index (χ0) is 23.2. The van der Waals surface area contributed by atoms with Gasteiger partial charge >= 0.3 is 5.97 Å². The largest absolute Gasteiger partial charge is 0.495 e. The molecule has 0 aromatic heterocycles. The van der Waals surface area contributed by atoms with Crippen molar-refractivity contribution in [2.24, 2.45) is 17.8 Å². The van der Waals surface area contributed by atoms with Gasteiger partial charge in [-0.3, -0.25) is 19.7 Å². The summed E-state index contributed by atoms with van der Waals surface area (Å²) in [7, 11) is 1.47. The molecule has 0 radical (unpaired) electrons. The van der Waals surface area contributed by atoms with Crippen LogP contribution in [0, 0.1) is 24.7 Å². The van der Waals surface area contributed by atoms with Crippen LogP contribution in [0.25, 0.3) is 0 Å². The summed E-state index contributed by atoms with van der Waals surface area (Å²) in [5, 5.41) is 13.6. The highest BCUT2D eigenvalue weighted by Gasteiger charge is 2.68. The molecule has 0 saturated carbocycles. The van der Waals surface area contributed by atoms with Gasteiger partial charge in [0.25, 0.3) is 0 Å². The maximum atomic E-state index is 13.7. The summed E-state index contributed by atoms with van der Waals surface area (Å²) in [6, 6.07) is 13.8. The first-order valence-corrected chi connectivity index (χ1v) is 10.8. The summed E-state index contributed by atoms with van der Waals surface area (Å²) in [4.78, 5) is 41.3. The number of imide groups is 1. The average Bonchev–Trinajstić information content (AvgIpc) is 3.22. The molecule has 2 aliphatic rings. The highest BCUT2D eigenvalue weighted by atomic mass is 16.5. The van der Waals surface area contributed by atoms with E-state index in [0.29, 0.717) is 11.4 Å². The quantitative estimate of drug-likeness (QED) is 0.675. The van der Waals surface area contributed by atoms with Gasteiger partial charge in [0, 0.05) is 6.04 Å². The fourth-order valence-electron chi connectivity index (χ4n) is 5.23. The molecule has 7 heteroatoms. The number of aliphatic carboxylic acids is 1. The Morgan fingerprint density at radius 1 is 1.12 bits per heavy atom. The third-order valence-electron chi connectivity index (χ3n) is 6.53. The Morgan fingerprint density at radius 3 is 2.38 bits per heavy atom. The number of hydrogen-bond acceptors (Lipinski definition) is 5. The molecule has 2 heterocycles. The number of amides is 2. The molecule has 4 rings (SSSR count). The van der Waals surface area contributed by atoms with Crippen LogP contribution in [0.1, 0.15) is 37.4 Å². The van der Waals surface area contributed by atoms with E-state index in [-0.39, 0.29) is 12.3 Å². The van der Waals surface area contributed by atoms with Gasteiger partial charge in [-0.15, -0.1) is 0 Å². The van der Waals surface area contributed by atoms with Crippen molar-refractivity contribution in [1.82, 2.24) is 5.32 Å². The summed E-state index contributed by atoms with van der Waals surface area (Å²) in [5.74, 6) is -3.49. The fraction of sp³-hybridized carbons (Fsp3) is 0.400. The Kier molecular flexibility index (Phi) is 5.54. The lowest BCUT2D eigenvalue weighted by atomic mass is 9.75. The van der Waals surface area contributed by atoms with Gasteiger partial charge in [-0.05, 0) is 37.0 Å². The molecule has 7 nitrogen and oxygen atoms in total. The number of rotatable bonds is 6. The number of carbonyl (C=O) groups is 3. The van der Waals surface area contributed by atoms with Gasteiger partial charge in [0.2, 0.25) is 11.8 Å². The predicted molar refractivity (Wildman–Crippen MR) is 119 cm³/mol. The maximum Gasteiger partial charge on any atom is 0.324 e.